The number of carbonyl (C=O) groups is 2. The van der Waals surface area contributed by atoms with Crippen molar-refractivity contribution < 1.29 is 23.8 Å². The maximum absolute atomic E-state index is 12.5. The molecular weight excluding hydrogens is 284 g/mol. The lowest BCUT2D eigenvalue weighted by Gasteiger charge is -2.18. The zero-order chi connectivity index (χ0) is 16.3. The molecule has 1 atom stereocenters. The molecule has 1 aromatic carbocycles. The van der Waals surface area contributed by atoms with Crippen LogP contribution in [0.25, 0.3) is 0 Å². The predicted molar refractivity (Wildman–Crippen MR) is 80.5 cm³/mol. The van der Waals surface area contributed by atoms with Crippen LogP contribution in [0, 0.1) is 20.8 Å². The number of hydrogen-bond donors (Lipinski definition) is 0. The molecule has 0 aromatic heterocycles. The largest absolute Gasteiger partial charge is 0.493 e. The van der Waals surface area contributed by atoms with E-state index in [1.54, 1.807) is 6.92 Å². The first-order valence-electron chi connectivity index (χ1n) is 7.17. The molecule has 0 N–H and O–H groups in total. The summed E-state index contributed by atoms with van der Waals surface area (Å²) in [7, 11) is 0. The van der Waals surface area contributed by atoms with Crippen molar-refractivity contribution in [2.45, 2.75) is 33.8 Å². The Labute approximate surface area is 129 Å². The third-order valence-corrected chi connectivity index (χ3v) is 3.61. The molecule has 0 unspecified atom stereocenters. The minimum absolute atomic E-state index is 0.0114. The van der Waals surface area contributed by atoms with Crippen LogP contribution in [-0.4, -0.2) is 31.1 Å². The average molecular weight is 304 g/mol. The van der Waals surface area contributed by atoms with Gasteiger partial charge in [-0.15, -0.1) is 0 Å². The Bertz CT molecular complexity index is 630. The Morgan fingerprint density at radius 1 is 1.09 bits per heavy atom. The van der Waals surface area contributed by atoms with E-state index in [0.717, 1.165) is 16.7 Å². The minimum atomic E-state index is -0.889. The Kier molecular flexibility index (Phi) is 4.85. The fourth-order valence-electron chi connectivity index (χ4n) is 2.19. The number of hydrogen-bond acceptors (Lipinski definition) is 5. The van der Waals surface area contributed by atoms with Crippen molar-refractivity contribution in [3.8, 4) is 0 Å². The SMILES string of the molecule is Cc1cc(C)c(C(=O)[C@H](C)OC(=O)C2=COCCO2)cc1C. The molecular formula is C17H20O5. The van der Waals surface area contributed by atoms with Crippen LogP contribution < -0.4 is 0 Å². The summed E-state index contributed by atoms with van der Waals surface area (Å²) in [4.78, 5) is 24.4. The molecule has 0 spiro atoms. The molecule has 0 amide bonds. The van der Waals surface area contributed by atoms with E-state index in [2.05, 4.69) is 0 Å². The van der Waals surface area contributed by atoms with Crippen molar-refractivity contribution in [2.24, 2.45) is 0 Å². The Balaban J connectivity index is 2.11. The summed E-state index contributed by atoms with van der Waals surface area (Å²) in [6.07, 6.45) is 0.323. The van der Waals surface area contributed by atoms with Gasteiger partial charge in [0.05, 0.1) is 0 Å². The van der Waals surface area contributed by atoms with Crippen molar-refractivity contribution in [3.63, 3.8) is 0 Å². The quantitative estimate of drug-likeness (QED) is 0.632. The van der Waals surface area contributed by atoms with Gasteiger partial charge in [-0.3, -0.25) is 4.79 Å². The molecule has 22 heavy (non-hydrogen) atoms. The van der Waals surface area contributed by atoms with E-state index in [0.29, 0.717) is 18.8 Å². The van der Waals surface area contributed by atoms with E-state index < -0.39 is 12.1 Å². The van der Waals surface area contributed by atoms with Crippen LogP contribution >= 0.6 is 0 Å². The highest BCUT2D eigenvalue weighted by molar-refractivity contribution is 6.02. The van der Waals surface area contributed by atoms with E-state index in [4.69, 9.17) is 14.2 Å². The van der Waals surface area contributed by atoms with Crippen LogP contribution in [0.5, 0.6) is 0 Å². The van der Waals surface area contributed by atoms with Crippen LogP contribution in [0.15, 0.2) is 24.2 Å². The summed E-state index contributed by atoms with van der Waals surface area (Å²) in [5.74, 6) is -0.934. The number of ether oxygens (including phenoxy) is 3. The molecule has 0 saturated carbocycles. The molecule has 0 fully saturated rings. The highest BCUT2D eigenvalue weighted by Gasteiger charge is 2.25. The number of aryl methyl sites for hydroxylation is 3. The summed E-state index contributed by atoms with van der Waals surface area (Å²) in [6.45, 7) is 8.05. The number of benzene rings is 1. The van der Waals surface area contributed by atoms with Crippen LogP contribution in [0.1, 0.15) is 34.0 Å². The normalized spacial score (nSPS) is 15.2. The summed E-state index contributed by atoms with van der Waals surface area (Å²) in [5.41, 5.74) is 3.58. The van der Waals surface area contributed by atoms with Gasteiger partial charge in [-0.2, -0.15) is 0 Å². The first kappa shape index (κ1) is 16.1. The van der Waals surface area contributed by atoms with Gasteiger partial charge in [-0.25, -0.2) is 4.79 Å². The number of Topliss-reactive ketones (excluding diaryl/α,β-unsaturated/α-hetero) is 1. The highest BCUT2D eigenvalue weighted by atomic mass is 16.6. The molecule has 0 bridgehead atoms. The first-order chi connectivity index (χ1) is 10.4. The van der Waals surface area contributed by atoms with Crippen LogP contribution in [0.2, 0.25) is 0 Å². The summed E-state index contributed by atoms with van der Waals surface area (Å²) < 4.78 is 15.3. The molecule has 1 heterocycles. The van der Waals surface area contributed by atoms with Crippen molar-refractivity contribution in [1.29, 1.82) is 0 Å². The Morgan fingerprint density at radius 2 is 1.77 bits per heavy atom. The number of rotatable bonds is 4. The lowest BCUT2D eigenvalue weighted by Crippen LogP contribution is -2.27. The standard InChI is InChI=1S/C17H20O5/c1-10-7-12(3)14(8-11(10)2)16(18)13(4)22-17(19)15-9-20-5-6-21-15/h7-9,13H,5-6H2,1-4H3/t13-/m0/s1. The number of ketones is 1. The van der Waals surface area contributed by atoms with Gasteiger partial charge in [0.1, 0.15) is 19.5 Å². The maximum atomic E-state index is 12.5. The molecule has 0 aliphatic carbocycles. The maximum Gasteiger partial charge on any atom is 0.377 e. The molecule has 118 valence electrons. The van der Waals surface area contributed by atoms with Crippen molar-refractivity contribution in [1.82, 2.24) is 0 Å². The van der Waals surface area contributed by atoms with Gasteiger partial charge in [-0.1, -0.05) is 6.07 Å². The first-order valence-corrected chi connectivity index (χ1v) is 7.17. The summed E-state index contributed by atoms with van der Waals surface area (Å²) in [6, 6.07) is 3.79. The van der Waals surface area contributed by atoms with Crippen molar-refractivity contribution in [2.75, 3.05) is 13.2 Å². The monoisotopic (exact) mass is 304 g/mol. The number of carbonyl (C=O) groups excluding carboxylic acids is 2. The van der Waals surface area contributed by atoms with Crippen molar-refractivity contribution in [3.05, 3.63) is 46.4 Å². The third kappa shape index (κ3) is 3.47. The number of esters is 1. The van der Waals surface area contributed by atoms with E-state index in [1.165, 1.54) is 6.26 Å². The molecule has 1 aliphatic heterocycles. The van der Waals surface area contributed by atoms with Gasteiger partial charge in [0.15, 0.2) is 6.10 Å². The zero-order valence-corrected chi connectivity index (χ0v) is 13.3. The smallest absolute Gasteiger partial charge is 0.377 e. The summed E-state index contributed by atoms with van der Waals surface area (Å²) in [5, 5.41) is 0. The molecule has 1 aromatic rings. The molecule has 2 rings (SSSR count). The highest BCUT2D eigenvalue weighted by Crippen LogP contribution is 2.18. The Hall–Kier alpha value is -2.30. The van der Waals surface area contributed by atoms with Crippen molar-refractivity contribution >= 4 is 11.8 Å². The van der Waals surface area contributed by atoms with Gasteiger partial charge in [0.2, 0.25) is 11.5 Å². The minimum Gasteiger partial charge on any atom is -0.493 e. The molecule has 5 nitrogen and oxygen atoms in total. The van der Waals surface area contributed by atoms with E-state index in [9.17, 15) is 9.59 Å². The predicted octanol–water partition coefficient (Wildman–Crippen LogP) is 2.61. The summed E-state index contributed by atoms with van der Waals surface area (Å²) >= 11 is 0. The van der Waals surface area contributed by atoms with E-state index in [-0.39, 0.29) is 11.5 Å². The topological polar surface area (TPSA) is 61.8 Å². The Morgan fingerprint density at radius 3 is 2.41 bits per heavy atom. The second-order valence-electron chi connectivity index (χ2n) is 5.36. The third-order valence-electron chi connectivity index (χ3n) is 3.61. The van der Waals surface area contributed by atoms with Crippen LogP contribution in [0.3, 0.4) is 0 Å². The van der Waals surface area contributed by atoms with Crippen LogP contribution in [0.4, 0.5) is 0 Å². The fourth-order valence-corrected chi connectivity index (χ4v) is 2.19. The van der Waals surface area contributed by atoms with E-state index >= 15 is 0 Å². The fraction of sp³-hybridized carbons (Fsp3) is 0.412. The van der Waals surface area contributed by atoms with Gasteiger partial charge in [-0.05, 0) is 50.5 Å². The molecule has 0 saturated heterocycles. The lowest BCUT2D eigenvalue weighted by atomic mass is 9.96. The average Bonchev–Trinajstić information content (AvgIpc) is 2.51. The van der Waals surface area contributed by atoms with Crippen LogP contribution in [-0.2, 0) is 19.0 Å². The zero-order valence-electron chi connectivity index (χ0n) is 13.3. The van der Waals surface area contributed by atoms with Gasteiger partial charge >= 0.3 is 5.97 Å². The second-order valence-corrected chi connectivity index (χ2v) is 5.36. The van der Waals surface area contributed by atoms with Gasteiger partial charge < -0.3 is 14.2 Å². The van der Waals surface area contributed by atoms with E-state index in [1.807, 2.05) is 32.9 Å². The molecule has 1 aliphatic rings. The van der Waals surface area contributed by atoms with Gasteiger partial charge in [0, 0.05) is 5.56 Å². The molecule has 0 radical (unpaired) electrons. The lowest BCUT2D eigenvalue weighted by molar-refractivity contribution is -0.147. The second kappa shape index (κ2) is 6.64. The van der Waals surface area contributed by atoms with Gasteiger partial charge in [0.25, 0.3) is 0 Å². The molecule has 5 heteroatoms.